The second-order valence-corrected chi connectivity index (χ2v) is 7.18. The Labute approximate surface area is 117 Å². The van der Waals surface area contributed by atoms with E-state index < -0.39 is 5.51 Å². The van der Waals surface area contributed by atoms with Gasteiger partial charge in [0.25, 0.3) is 0 Å². The van der Waals surface area contributed by atoms with Crippen LogP contribution in [0, 0.1) is 5.92 Å². The maximum absolute atomic E-state index is 12.2. The molecular weight excluding hydrogens is 273 g/mol. The van der Waals surface area contributed by atoms with Crippen LogP contribution in [0.1, 0.15) is 33.1 Å². The second-order valence-electron chi connectivity index (χ2n) is 6.02. The lowest BCUT2D eigenvalue weighted by atomic mass is 9.95. The molecule has 1 heterocycles. The van der Waals surface area contributed by atoms with Gasteiger partial charge in [0.2, 0.25) is 0 Å². The minimum Gasteiger partial charge on any atom is -0.310 e. The van der Waals surface area contributed by atoms with Gasteiger partial charge in [-0.15, -0.1) is 0 Å². The van der Waals surface area contributed by atoms with Crippen molar-refractivity contribution in [1.29, 1.82) is 0 Å². The summed E-state index contributed by atoms with van der Waals surface area (Å²) in [6, 6.07) is 0.363. The lowest BCUT2D eigenvalue weighted by molar-refractivity contribution is -0.0329. The van der Waals surface area contributed by atoms with Crippen molar-refractivity contribution >= 4 is 11.8 Å². The van der Waals surface area contributed by atoms with Crippen molar-refractivity contribution in [2.24, 2.45) is 5.92 Å². The maximum Gasteiger partial charge on any atom is 0.441 e. The molecule has 1 N–H and O–H groups in total. The van der Waals surface area contributed by atoms with Gasteiger partial charge in [0, 0.05) is 30.4 Å². The summed E-state index contributed by atoms with van der Waals surface area (Å²) in [5.74, 6) is 0.838. The van der Waals surface area contributed by atoms with Crippen molar-refractivity contribution in [3.63, 3.8) is 0 Å². The summed E-state index contributed by atoms with van der Waals surface area (Å²) in [7, 11) is 0. The predicted octanol–water partition coefficient (Wildman–Crippen LogP) is 3.09. The third kappa shape index (κ3) is 4.53. The maximum atomic E-state index is 12.2. The lowest BCUT2D eigenvalue weighted by Gasteiger charge is -2.35. The van der Waals surface area contributed by atoms with Crippen molar-refractivity contribution in [2.75, 3.05) is 25.4 Å². The van der Waals surface area contributed by atoms with Gasteiger partial charge in [-0.25, -0.2) is 0 Å². The first-order valence-corrected chi connectivity index (χ1v) is 7.98. The normalized spacial score (nSPS) is 34.3. The second kappa shape index (κ2) is 5.82. The molecule has 2 fully saturated rings. The summed E-state index contributed by atoms with van der Waals surface area (Å²) in [6.45, 7) is 6.72. The van der Waals surface area contributed by atoms with E-state index >= 15 is 0 Å². The summed E-state index contributed by atoms with van der Waals surface area (Å²) in [5.41, 5.74) is -4.01. The van der Waals surface area contributed by atoms with Crippen LogP contribution in [0.15, 0.2) is 0 Å². The first-order chi connectivity index (χ1) is 8.80. The molecule has 0 aromatic heterocycles. The molecule has 1 saturated heterocycles. The molecule has 2 rings (SSSR count). The molecule has 6 heteroatoms. The van der Waals surface area contributed by atoms with E-state index in [1.54, 1.807) is 0 Å². The van der Waals surface area contributed by atoms with E-state index in [0.29, 0.717) is 18.5 Å². The first-order valence-electron chi connectivity index (χ1n) is 7.00. The van der Waals surface area contributed by atoms with Gasteiger partial charge in [-0.3, -0.25) is 4.90 Å². The van der Waals surface area contributed by atoms with Crippen molar-refractivity contribution in [2.45, 2.75) is 50.2 Å². The Morgan fingerprint density at radius 3 is 2.58 bits per heavy atom. The van der Waals surface area contributed by atoms with Gasteiger partial charge in [0.15, 0.2) is 0 Å². The molecule has 1 aliphatic heterocycles. The van der Waals surface area contributed by atoms with Crippen molar-refractivity contribution in [3.05, 3.63) is 0 Å². The van der Waals surface area contributed by atoms with E-state index in [0.717, 1.165) is 19.5 Å². The third-order valence-electron chi connectivity index (χ3n) is 4.37. The number of rotatable bonds is 4. The van der Waals surface area contributed by atoms with Crippen LogP contribution < -0.4 is 5.32 Å². The quantitative estimate of drug-likeness (QED) is 0.858. The van der Waals surface area contributed by atoms with Gasteiger partial charge in [-0.2, -0.15) is 13.2 Å². The zero-order valence-electron chi connectivity index (χ0n) is 11.6. The monoisotopic (exact) mass is 296 g/mol. The van der Waals surface area contributed by atoms with Gasteiger partial charge in [-0.05, 0) is 57.3 Å². The summed E-state index contributed by atoms with van der Waals surface area (Å²) in [6.07, 6.45) is 3.52. The number of nitrogens with zero attached hydrogens (tertiary/aromatic N) is 1. The standard InChI is InChI=1S/C13H23F3N2S/c1-10-5-6-17-12(2,11-3-4-11)9-18(10)7-8-19-13(14,15)16/h10-11,17H,3-9H2,1-2H3. The van der Waals surface area contributed by atoms with Gasteiger partial charge in [0.05, 0.1) is 0 Å². The molecule has 2 nitrogen and oxygen atoms in total. The Morgan fingerprint density at radius 1 is 1.32 bits per heavy atom. The molecule has 0 aromatic carbocycles. The van der Waals surface area contributed by atoms with E-state index in [9.17, 15) is 13.2 Å². The fourth-order valence-corrected chi connectivity index (χ4v) is 3.51. The van der Waals surface area contributed by atoms with Crippen LogP contribution in [0.25, 0.3) is 0 Å². The zero-order valence-corrected chi connectivity index (χ0v) is 12.4. The molecule has 0 bridgehead atoms. The summed E-state index contributed by atoms with van der Waals surface area (Å²) in [4.78, 5) is 2.23. The Kier molecular flexibility index (Phi) is 4.73. The van der Waals surface area contributed by atoms with E-state index in [1.807, 2.05) is 0 Å². The summed E-state index contributed by atoms with van der Waals surface area (Å²) >= 11 is 0.0981. The van der Waals surface area contributed by atoms with Gasteiger partial charge >= 0.3 is 5.51 Å². The van der Waals surface area contributed by atoms with Crippen LogP contribution in [0.3, 0.4) is 0 Å². The van der Waals surface area contributed by atoms with Gasteiger partial charge < -0.3 is 5.32 Å². The SMILES string of the molecule is CC1CCNC(C)(C2CC2)CN1CCSC(F)(F)F. The largest absolute Gasteiger partial charge is 0.441 e. The predicted molar refractivity (Wildman–Crippen MR) is 73.3 cm³/mol. The third-order valence-corrected chi connectivity index (χ3v) is 5.08. The first kappa shape index (κ1) is 15.4. The summed E-state index contributed by atoms with van der Waals surface area (Å²) in [5, 5.41) is 3.62. The topological polar surface area (TPSA) is 15.3 Å². The van der Waals surface area contributed by atoms with Crippen molar-refractivity contribution in [1.82, 2.24) is 10.2 Å². The van der Waals surface area contributed by atoms with Crippen LogP contribution >= 0.6 is 11.8 Å². The Morgan fingerprint density at radius 2 is 2.00 bits per heavy atom. The molecule has 0 amide bonds. The number of nitrogens with one attached hydrogen (secondary N) is 1. The highest BCUT2D eigenvalue weighted by Crippen LogP contribution is 2.41. The molecule has 1 saturated carbocycles. The van der Waals surface area contributed by atoms with Crippen LogP contribution in [0.4, 0.5) is 13.2 Å². The summed E-state index contributed by atoms with van der Waals surface area (Å²) < 4.78 is 36.6. The van der Waals surface area contributed by atoms with Crippen LogP contribution in [-0.2, 0) is 0 Å². The van der Waals surface area contributed by atoms with Gasteiger partial charge in [-0.1, -0.05) is 0 Å². The van der Waals surface area contributed by atoms with Crippen LogP contribution in [0.2, 0.25) is 0 Å². The average molecular weight is 296 g/mol. The molecule has 0 radical (unpaired) electrons. The molecule has 19 heavy (non-hydrogen) atoms. The van der Waals surface area contributed by atoms with Crippen LogP contribution in [0.5, 0.6) is 0 Å². The fourth-order valence-electron chi connectivity index (χ4n) is 2.95. The Hall–Kier alpha value is 0.0600. The van der Waals surface area contributed by atoms with Crippen molar-refractivity contribution < 1.29 is 13.2 Å². The number of alkyl halides is 3. The number of halogens is 3. The highest BCUT2D eigenvalue weighted by atomic mass is 32.2. The molecule has 0 aromatic rings. The Bertz CT molecular complexity index is 307. The fraction of sp³-hybridized carbons (Fsp3) is 1.00. The molecule has 1 aliphatic carbocycles. The molecule has 0 spiro atoms. The van der Waals surface area contributed by atoms with E-state index in [-0.39, 0.29) is 23.1 Å². The Balaban J connectivity index is 1.88. The smallest absolute Gasteiger partial charge is 0.310 e. The number of hydrogen-bond donors (Lipinski definition) is 1. The molecule has 112 valence electrons. The highest BCUT2D eigenvalue weighted by Gasteiger charge is 2.43. The van der Waals surface area contributed by atoms with E-state index in [4.69, 9.17) is 0 Å². The lowest BCUT2D eigenvalue weighted by Crippen LogP contribution is -2.52. The van der Waals surface area contributed by atoms with E-state index in [2.05, 4.69) is 24.1 Å². The van der Waals surface area contributed by atoms with E-state index in [1.165, 1.54) is 12.8 Å². The van der Waals surface area contributed by atoms with Crippen LogP contribution in [-0.4, -0.2) is 47.4 Å². The van der Waals surface area contributed by atoms with Gasteiger partial charge in [0.1, 0.15) is 0 Å². The number of hydrogen-bond acceptors (Lipinski definition) is 3. The zero-order chi connectivity index (χ0) is 14.1. The average Bonchev–Trinajstić information content (AvgIpc) is 3.08. The molecular formula is C13H23F3N2S. The number of thioether (sulfide) groups is 1. The molecule has 2 unspecified atom stereocenters. The minimum absolute atomic E-state index is 0.0909. The molecule has 2 aliphatic rings. The highest BCUT2D eigenvalue weighted by molar-refractivity contribution is 8.00. The van der Waals surface area contributed by atoms with Crippen molar-refractivity contribution in [3.8, 4) is 0 Å². The minimum atomic E-state index is -4.10. The molecule has 2 atom stereocenters.